The van der Waals surface area contributed by atoms with E-state index in [0.29, 0.717) is 78.0 Å². The number of pyridine rings is 1. The van der Waals surface area contributed by atoms with Gasteiger partial charge in [0.05, 0.1) is 31.0 Å². The van der Waals surface area contributed by atoms with Crippen LogP contribution >= 0.6 is 11.6 Å². The van der Waals surface area contributed by atoms with E-state index in [4.69, 9.17) is 39.9 Å². The van der Waals surface area contributed by atoms with E-state index in [1.54, 1.807) is 18.2 Å². The molecule has 4 N–H and O–H groups in total. The van der Waals surface area contributed by atoms with Gasteiger partial charge in [0, 0.05) is 48.5 Å². The lowest BCUT2D eigenvalue weighted by atomic mass is 9.85. The average molecular weight is 921 g/mol. The van der Waals surface area contributed by atoms with Crippen LogP contribution in [0.1, 0.15) is 80.6 Å². The standard InChI is InChI=1S/C47H62ClN7O10/c1-9-28-21-47(28,42(58)59)53-40(56)34-19-30(22-55(34)41(57)39(45(4,5)6)52-44(60)65-29-17-26-16-27(26)18-29)64-36-20-32(33-23-63-43(51-33)49-25(2)3)50-38-31(36)10-11-35(37(38)48)62-15-13-54-12-14-61-24-46(54,7)8/h9-11,20,23,25-30,34,39H,1,12-19,21-22,24H2,2-8H3,(H,49,51)(H,52,60)(H,53,56)(H,58,59)/t26-,27+,28-,29?,30-,34+,39-,47-/m1/s1. The highest BCUT2D eigenvalue weighted by atomic mass is 35.5. The van der Waals surface area contributed by atoms with Gasteiger partial charge < -0.3 is 49.3 Å². The van der Waals surface area contributed by atoms with Gasteiger partial charge >= 0.3 is 12.1 Å². The lowest BCUT2D eigenvalue weighted by molar-refractivity contribution is -0.146. The van der Waals surface area contributed by atoms with E-state index in [2.05, 4.69) is 46.3 Å². The number of fused-ring (bicyclic) bond motifs is 2. The zero-order valence-electron chi connectivity index (χ0n) is 38.3. The van der Waals surface area contributed by atoms with Crippen molar-refractivity contribution in [2.75, 3.05) is 44.8 Å². The second-order valence-corrected chi connectivity index (χ2v) is 20.7. The van der Waals surface area contributed by atoms with Crippen LogP contribution in [0.25, 0.3) is 22.3 Å². The monoisotopic (exact) mass is 919 g/mol. The van der Waals surface area contributed by atoms with Crippen molar-refractivity contribution in [3.8, 4) is 22.9 Å². The van der Waals surface area contributed by atoms with Crippen molar-refractivity contribution in [3.05, 3.63) is 42.1 Å². The number of carbonyl (C=O) groups is 4. The largest absolute Gasteiger partial charge is 0.491 e. The fourth-order valence-corrected chi connectivity index (χ4v) is 9.83. The minimum atomic E-state index is -1.55. The first kappa shape index (κ1) is 46.4. The molecule has 3 saturated carbocycles. The third-order valence-corrected chi connectivity index (χ3v) is 13.8. The van der Waals surface area contributed by atoms with Crippen molar-refractivity contribution in [1.82, 2.24) is 30.4 Å². The Morgan fingerprint density at radius 2 is 1.82 bits per heavy atom. The van der Waals surface area contributed by atoms with Crippen LogP contribution in [-0.4, -0.2) is 130 Å². The number of benzene rings is 1. The molecule has 3 aliphatic carbocycles. The Balaban J connectivity index is 1.09. The minimum Gasteiger partial charge on any atom is -0.491 e. The Kier molecular flexibility index (Phi) is 12.8. The Morgan fingerprint density at radius 1 is 1.06 bits per heavy atom. The van der Waals surface area contributed by atoms with E-state index in [0.717, 1.165) is 25.8 Å². The van der Waals surface area contributed by atoms with Crippen LogP contribution in [0.2, 0.25) is 5.02 Å². The fraction of sp³-hybridized carbons (Fsp3) is 0.617. The quantitative estimate of drug-likeness (QED) is 0.117. The Labute approximate surface area is 384 Å². The molecule has 8 rings (SSSR count). The number of anilines is 1. The van der Waals surface area contributed by atoms with Crippen LogP contribution in [0, 0.1) is 23.2 Å². The fourth-order valence-electron chi connectivity index (χ4n) is 9.57. The van der Waals surface area contributed by atoms with Gasteiger partial charge in [-0.3, -0.25) is 14.5 Å². The lowest BCUT2D eigenvalue weighted by Crippen LogP contribution is -2.59. The summed E-state index contributed by atoms with van der Waals surface area (Å²) < 4.78 is 30.3. The molecule has 18 heteroatoms. The number of hydrogen-bond donors (Lipinski definition) is 4. The SMILES string of the molecule is C=C[C@@H]1C[C@]1(NC(=O)[C@@H]1C[C@@H](Oc2cc(-c3coc(NC(C)C)n3)nc3c(Cl)c(OCCN4CCOCC4(C)C)ccc23)CN1C(=O)[C@@H](NC(=O)OC1C[C@@H]2C[C@@H]2C1)C(C)(C)C)C(=O)O. The van der Waals surface area contributed by atoms with Crippen LogP contribution in [0.15, 0.2) is 41.5 Å². The highest BCUT2D eigenvalue weighted by Crippen LogP contribution is 2.52. The van der Waals surface area contributed by atoms with Gasteiger partial charge in [0.25, 0.3) is 6.01 Å². The Bertz CT molecular complexity index is 2320. The van der Waals surface area contributed by atoms with Crippen LogP contribution in [-0.2, 0) is 23.9 Å². The summed E-state index contributed by atoms with van der Waals surface area (Å²) in [5, 5.41) is 19.7. The molecule has 2 saturated heterocycles. The van der Waals surface area contributed by atoms with E-state index < -0.39 is 58.9 Å². The van der Waals surface area contributed by atoms with Crippen LogP contribution < -0.4 is 25.4 Å². The Morgan fingerprint density at radius 3 is 2.48 bits per heavy atom. The number of morpholine rings is 1. The zero-order valence-corrected chi connectivity index (χ0v) is 39.0. The second-order valence-electron chi connectivity index (χ2n) is 20.3. The number of carboxylic acid groups (broad SMARTS) is 1. The van der Waals surface area contributed by atoms with Crippen molar-refractivity contribution in [2.45, 2.75) is 122 Å². The van der Waals surface area contributed by atoms with Crippen molar-refractivity contribution in [2.24, 2.45) is 23.2 Å². The summed E-state index contributed by atoms with van der Waals surface area (Å²) in [4.78, 5) is 68.3. The molecule has 2 aliphatic heterocycles. The molecule has 352 valence electrons. The summed E-state index contributed by atoms with van der Waals surface area (Å²) in [6.45, 7) is 20.4. The van der Waals surface area contributed by atoms with E-state index >= 15 is 0 Å². The maximum absolute atomic E-state index is 14.8. The van der Waals surface area contributed by atoms with Gasteiger partial charge in [0.1, 0.15) is 64.9 Å². The molecule has 17 nitrogen and oxygen atoms in total. The van der Waals surface area contributed by atoms with Gasteiger partial charge in [0.15, 0.2) is 0 Å². The van der Waals surface area contributed by atoms with Gasteiger partial charge in [0.2, 0.25) is 11.8 Å². The van der Waals surface area contributed by atoms with Gasteiger partial charge in [-0.25, -0.2) is 14.6 Å². The van der Waals surface area contributed by atoms with Gasteiger partial charge in [-0.1, -0.05) is 38.4 Å². The van der Waals surface area contributed by atoms with Crippen molar-refractivity contribution in [3.63, 3.8) is 0 Å². The summed E-state index contributed by atoms with van der Waals surface area (Å²) >= 11 is 7.13. The first-order valence-electron chi connectivity index (χ1n) is 22.7. The van der Waals surface area contributed by atoms with Crippen LogP contribution in [0.5, 0.6) is 11.5 Å². The minimum absolute atomic E-state index is 0.00340. The van der Waals surface area contributed by atoms with Gasteiger partial charge in [-0.2, -0.15) is 4.98 Å². The summed E-state index contributed by atoms with van der Waals surface area (Å²) in [6.07, 6.45) is 4.22. The third-order valence-electron chi connectivity index (χ3n) is 13.5. The molecular weight excluding hydrogens is 858 g/mol. The number of amides is 3. The number of hydrogen-bond acceptors (Lipinski definition) is 13. The van der Waals surface area contributed by atoms with Gasteiger partial charge in [-0.05, 0) is 82.8 Å². The summed E-state index contributed by atoms with van der Waals surface area (Å²) in [5.74, 6) is -0.932. The number of nitrogens with one attached hydrogen (secondary N) is 3. The first-order valence-corrected chi connectivity index (χ1v) is 23.1. The number of aliphatic carboxylic acids is 1. The molecule has 3 amide bonds. The number of oxazole rings is 1. The number of carbonyl (C=O) groups excluding carboxylic acids is 3. The zero-order chi connectivity index (χ0) is 46.6. The molecule has 0 spiro atoms. The van der Waals surface area contributed by atoms with Crippen LogP contribution in [0.3, 0.4) is 0 Å². The molecular formula is C47H62ClN7O10. The maximum Gasteiger partial charge on any atom is 0.408 e. The summed E-state index contributed by atoms with van der Waals surface area (Å²) in [6, 6.07) is 3.35. The topological polar surface area (TPSA) is 207 Å². The summed E-state index contributed by atoms with van der Waals surface area (Å²) in [5.41, 5.74) is -1.36. The van der Waals surface area contributed by atoms with Crippen molar-refractivity contribution < 1.29 is 47.6 Å². The van der Waals surface area contributed by atoms with Crippen molar-refractivity contribution >= 4 is 52.4 Å². The predicted octanol–water partition coefficient (Wildman–Crippen LogP) is 6.29. The molecule has 0 bridgehead atoms. The van der Waals surface area contributed by atoms with E-state index in [-0.39, 0.29) is 42.1 Å². The number of ether oxygens (including phenoxy) is 4. The summed E-state index contributed by atoms with van der Waals surface area (Å²) in [7, 11) is 0. The predicted molar refractivity (Wildman–Crippen MR) is 242 cm³/mol. The Hall–Kier alpha value is -5.13. The molecule has 1 aromatic carbocycles. The smallest absolute Gasteiger partial charge is 0.408 e. The number of alkyl carbamates (subject to hydrolysis) is 1. The molecule has 65 heavy (non-hydrogen) atoms. The third kappa shape index (κ3) is 9.87. The number of aromatic nitrogens is 2. The highest BCUT2D eigenvalue weighted by Gasteiger charge is 2.61. The molecule has 0 radical (unpaired) electrons. The first-order chi connectivity index (χ1) is 30.8. The van der Waals surface area contributed by atoms with Crippen LogP contribution in [0.4, 0.5) is 10.8 Å². The molecule has 3 aromatic rings. The lowest BCUT2D eigenvalue weighted by Gasteiger charge is -2.41. The van der Waals surface area contributed by atoms with E-state index in [1.165, 1.54) is 17.2 Å². The number of rotatable bonds is 16. The van der Waals surface area contributed by atoms with Crippen molar-refractivity contribution in [1.29, 1.82) is 0 Å². The molecule has 1 unspecified atom stereocenters. The number of nitrogens with zero attached hydrogens (tertiary/aromatic N) is 4. The molecule has 4 heterocycles. The van der Waals surface area contributed by atoms with E-state index in [1.807, 2.05) is 34.6 Å². The molecule has 5 aliphatic rings. The molecule has 5 fully saturated rings. The number of halogens is 1. The van der Waals surface area contributed by atoms with E-state index in [9.17, 15) is 24.3 Å². The average Bonchev–Trinajstić information content (AvgIpc) is 3.91. The second kappa shape index (κ2) is 17.9. The number of carboxylic acids is 1. The van der Waals surface area contributed by atoms with Gasteiger partial charge in [-0.15, -0.1) is 6.58 Å². The maximum atomic E-state index is 14.8. The molecule has 8 atom stereocenters. The number of likely N-dealkylation sites (tertiary alicyclic amines) is 1. The normalized spacial score (nSPS) is 27.4. The molecule has 2 aromatic heterocycles. The highest BCUT2D eigenvalue weighted by molar-refractivity contribution is 6.36.